The zero-order chi connectivity index (χ0) is 13.8. The molecule has 1 fully saturated rings. The monoisotopic (exact) mass is 269 g/mol. The van der Waals surface area contributed by atoms with Crippen molar-refractivity contribution in [2.75, 3.05) is 13.1 Å². The van der Waals surface area contributed by atoms with Gasteiger partial charge in [0.1, 0.15) is 5.82 Å². The Morgan fingerprint density at radius 1 is 1.20 bits per heavy atom. The summed E-state index contributed by atoms with van der Waals surface area (Å²) in [6.07, 6.45) is 5.68. The first-order chi connectivity index (χ1) is 9.83. The predicted molar refractivity (Wildman–Crippen MR) is 81.8 cm³/mol. The second-order valence-electron chi connectivity index (χ2n) is 5.79. The van der Waals surface area contributed by atoms with E-state index in [2.05, 4.69) is 52.1 Å². The molecule has 1 aliphatic heterocycles. The van der Waals surface area contributed by atoms with Gasteiger partial charge >= 0.3 is 0 Å². The Morgan fingerprint density at radius 2 is 1.95 bits per heavy atom. The molecule has 106 valence electrons. The molecular weight excluding hydrogens is 246 g/mol. The first kappa shape index (κ1) is 13.4. The molecule has 0 unspecified atom stereocenters. The zero-order valence-corrected chi connectivity index (χ0v) is 12.2. The Balaban J connectivity index is 1.75. The minimum absolute atomic E-state index is 0.785. The second-order valence-corrected chi connectivity index (χ2v) is 5.79. The molecule has 3 nitrogen and oxygen atoms in total. The van der Waals surface area contributed by atoms with Gasteiger partial charge in [-0.1, -0.05) is 30.3 Å². The molecule has 3 heteroatoms. The molecule has 0 radical (unpaired) electrons. The first-order valence-corrected chi connectivity index (χ1v) is 7.58. The van der Waals surface area contributed by atoms with Gasteiger partial charge in [0.15, 0.2) is 0 Å². The molecule has 0 aliphatic carbocycles. The Morgan fingerprint density at radius 3 is 2.70 bits per heavy atom. The van der Waals surface area contributed by atoms with E-state index in [1.807, 2.05) is 6.20 Å². The van der Waals surface area contributed by atoms with Gasteiger partial charge in [0.25, 0.3) is 0 Å². The van der Waals surface area contributed by atoms with E-state index in [1.54, 1.807) is 0 Å². The third-order valence-corrected chi connectivity index (χ3v) is 4.25. The summed E-state index contributed by atoms with van der Waals surface area (Å²) in [5.74, 6) is 2.03. The fraction of sp³-hybridized carbons (Fsp3) is 0.471. The van der Waals surface area contributed by atoms with Gasteiger partial charge in [0.05, 0.1) is 0 Å². The summed E-state index contributed by atoms with van der Waals surface area (Å²) in [7, 11) is 0. The highest BCUT2D eigenvalue weighted by Crippen LogP contribution is 2.19. The Labute approximate surface area is 121 Å². The smallest absolute Gasteiger partial charge is 0.109 e. The van der Waals surface area contributed by atoms with E-state index in [4.69, 9.17) is 0 Å². The fourth-order valence-electron chi connectivity index (χ4n) is 3.00. The van der Waals surface area contributed by atoms with Gasteiger partial charge in [-0.15, -0.1) is 0 Å². The SMILES string of the molecule is Cc1cnc(CC2CCNCC2)n1Cc1ccccc1. The summed E-state index contributed by atoms with van der Waals surface area (Å²) in [6, 6.07) is 10.7. The lowest BCUT2D eigenvalue weighted by molar-refractivity contribution is 0.363. The molecule has 0 saturated carbocycles. The normalized spacial score (nSPS) is 16.4. The summed E-state index contributed by atoms with van der Waals surface area (Å²) in [5, 5.41) is 3.43. The first-order valence-electron chi connectivity index (χ1n) is 7.58. The topological polar surface area (TPSA) is 29.9 Å². The Kier molecular flexibility index (Phi) is 4.16. The molecule has 0 bridgehead atoms. The lowest BCUT2D eigenvalue weighted by atomic mass is 9.94. The van der Waals surface area contributed by atoms with Crippen LogP contribution >= 0.6 is 0 Å². The third kappa shape index (κ3) is 3.10. The Hall–Kier alpha value is -1.61. The van der Waals surface area contributed by atoms with Crippen LogP contribution in [0.3, 0.4) is 0 Å². The van der Waals surface area contributed by atoms with E-state index in [-0.39, 0.29) is 0 Å². The third-order valence-electron chi connectivity index (χ3n) is 4.25. The maximum atomic E-state index is 4.65. The van der Waals surface area contributed by atoms with Crippen LogP contribution < -0.4 is 5.32 Å². The van der Waals surface area contributed by atoms with Gasteiger partial charge in [-0.2, -0.15) is 0 Å². The Bertz CT molecular complexity index is 539. The number of nitrogens with zero attached hydrogens (tertiary/aromatic N) is 2. The van der Waals surface area contributed by atoms with Crippen molar-refractivity contribution in [3.63, 3.8) is 0 Å². The van der Waals surface area contributed by atoms with Crippen molar-refractivity contribution < 1.29 is 0 Å². The number of nitrogens with one attached hydrogen (secondary N) is 1. The minimum Gasteiger partial charge on any atom is -0.328 e. The lowest BCUT2D eigenvalue weighted by Gasteiger charge is -2.22. The van der Waals surface area contributed by atoms with Gasteiger partial charge in [-0.25, -0.2) is 4.98 Å². The zero-order valence-electron chi connectivity index (χ0n) is 12.2. The molecule has 2 aromatic rings. The van der Waals surface area contributed by atoms with Crippen LogP contribution in [0.1, 0.15) is 29.9 Å². The van der Waals surface area contributed by atoms with Gasteiger partial charge in [0.2, 0.25) is 0 Å². The highest BCUT2D eigenvalue weighted by molar-refractivity contribution is 5.17. The molecule has 0 atom stereocenters. The predicted octanol–water partition coefficient (Wildman–Crippen LogP) is 2.78. The van der Waals surface area contributed by atoms with Crippen LogP contribution in [0.15, 0.2) is 36.5 Å². The molecule has 1 aliphatic rings. The van der Waals surface area contributed by atoms with E-state index in [9.17, 15) is 0 Å². The average molecular weight is 269 g/mol. The molecule has 3 rings (SSSR count). The number of aryl methyl sites for hydroxylation is 1. The second kappa shape index (κ2) is 6.23. The molecule has 0 amide bonds. The number of rotatable bonds is 4. The fourth-order valence-corrected chi connectivity index (χ4v) is 3.00. The largest absolute Gasteiger partial charge is 0.328 e. The van der Waals surface area contributed by atoms with Crippen LogP contribution in [0.5, 0.6) is 0 Å². The van der Waals surface area contributed by atoms with E-state index in [1.165, 1.54) is 29.9 Å². The number of imidazole rings is 1. The van der Waals surface area contributed by atoms with Crippen molar-refractivity contribution in [2.45, 2.75) is 32.7 Å². The summed E-state index contributed by atoms with van der Waals surface area (Å²) in [5.41, 5.74) is 2.61. The summed E-state index contributed by atoms with van der Waals surface area (Å²) in [4.78, 5) is 4.65. The van der Waals surface area contributed by atoms with Crippen molar-refractivity contribution in [2.24, 2.45) is 5.92 Å². The molecule has 2 heterocycles. The van der Waals surface area contributed by atoms with Gasteiger partial charge < -0.3 is 9.88 Å². The molecule has 1 N–H and O–H groups in total. The summed E-state index contributed by atoms with van der Waals surface area (Å²) >= 11 is 0. The highest BCUT2D eigenvalue weighted by Gasteiger charge is 2.17. The van der Waals surface area contributed by atoms with E-state index in [0.29, 0.717) is 0 Å². The van der Waals surface area contributed by atoms with Gasteiger partial charge in [0, 0.05) is 24.9 Å². The molecule has 1 aromatic carbocycles. The van der Waals surface area contributed by atoms with E-state index in [0.717, 1.165) is 32.0 Å². The van der Waals surface area contributed by atoms with Crippen molar-refractivity contribution in [3.8, 4) is 0 Å². The number of hydrogen-bond donors (Lipinski definition) is 1. The van der Waals surface area contributed by atoms with Crippen molar-refractivity contribution in [1.29, 1.82) is 0 Å². The number of aromatic nitrogens is 2. The highest BCUT2D eigenvalue weighted by atomic mass is 15.1. The molecule has 1 aromatic heterocycles. The van der Waals surface area contributed by atoms with Crippen molar-refractivity contribution >= 4 is 0 Å². The van der Waals surface area contributed by atoms with Gasteiger partial charge in [-0.05, 0) is 44.3 Å². The van der Waals surface area contributed by atoms with Crippen LogP contribution in [-0.4, -0.2) is 22.6 Å². The molecular formula is C17H23N3. The van der Waals surface area contributed by atoms with Crippen molar-refractivity contribution in [3.05, 3.63) is 53.6 Å². The minimum atomic E-state index is 0.785. The number of benzene rings is 1. The van der Waals surface area contributed by atoms with Crippen molar-refractivity contribution in [1.82, 2.24) is 14.9 Å². The average Bonchev–Trinajstić information content (AvgIpc) is 2.83. The standard InChI is InChI=1S/C17H23N3/c1-14-12-19-17(11-15-7-9-18-10-8-15)20(14)13-16-5-3-2-4-6-16/h2-6,12,15,18H,7-11,13H2,1H3. The van der Waals surface area contributed by atoms with Crippen LogP contribution in [0.25, 0.3) is 0 Å². The lowest BCUT2D eigenvalue weighted by Crippen LogP contribution is -2.29. The maximum Gasteiger partial charge on any atom is 0.109 e. The van der Waals surface area contributed by atoms with Crippen LogP contribution in [-0.2, 0) is 13.0 Å². The van der Waals surface area contributed by atoms with Gasteiger partial charge in [-0.3, -0.25) is 0 Å². The number of piperidine rings is 1. The van der Waals surface area contributed by atoms with Crippen LogP contribution in [0.4, 0.5) is 0 Å². The molecule has 20 heavy (non-hydrogen) atoms. The number of hydrogen-bond acceptors (Lipinski definition) is 2. The molecule has 0 spiro atoms. The van der Waals surface area contributed by atoms with E-state index < -0.39 is 0 Å². The maximum absolute atomic E-state index is 4.65. The van der Waals surface area contributed by atoms with E-state index >= 15 is 0 Å². The summed E-state index contributed by atoms with van der Waals surface area (Å²) < 4.78 is 2.37. The van der Waals surface area contributed by atoms with Crippen LogP contribution in [0, 0.1) is 12.8 Å². The quantitative estimate of drug-likeness (QED) is 0.925. The van der Waals surface area contributed by atoms with Crippen LogP contribution in [0.2, 0.25) is 0 Å². The summed E-state index contributed by atoms with van der Waals surface area (Å²) in [6.45, 7) is 5.40. The molecule has 1 saturated heterocycles.